The van der Waals surface area contributed by atoms with E-state index in [9.17, 15) is 4.79 Å². The molecule has 1 aromatic heterocycles. The fourth-order valence-corrected chi connectivity index (χ4v) is 1.13. The van der Waals surface area contributed by atoms with Crippen LogP contribution in [-0.4, -0.2) is 22.8 Å². The second-order valence-corrected chi connectivity index (χ2v) is 3.33. The number of nitrogens with one attached hydrogen (secondary N) is 1. The lowest BCUT2D eigenvalue weighted by molar-refractivity contribution is -0.135. The van der Waals surface area contributed by atoms with E-state index in [0.717, 1.165) is 5.56 Å². The maximum atomic E-state index is 10.2. The highest BCUT2D eigenvalue weighted by molar-refractivity contribution is 5.37. The lowest BCUT2D eigenvalue weighted by Crippen LogP contribution is -2.21. The number of carbonyl (C=O) groups is 1. The lowest BCUT2D eigenvalue weighted by Gasteiger charge is -2.17. The predicted octanol–water partition coefficient (Wildman–Crippen LogP) is 1.15. The van der Waals surface area contributed by atoms with Gasteiger partial charge in [-0.1, -0.05) is 13.8 Å². The number of hydrogen-bond acceptors (Lipinski definition) is 3. The van der Waals surface area contributed by atoms with Gasteiger partial charge in [-0.2, -0.15) is 5.10 Å². The van der Waals surface area contributed by atoms with Crippen LogP contribution >= 0.6 is 0 Å². The summed E-state index contributed by atoms with van der Waals surface area (Å²) in [6.45, 7) is 4.55. The van der Waals surface area contributed by atoms with E-state index < -0.39 is 0 Å². The van der Waals surface area contributed by atoms with Crippen LogP contribution in [0.25, 0.3) is 0 Å². The number of aromatic nitrogens is 2. The third kappa shape index (κ3) is 2.89. The van der Waals surface area contributed by atoms with Crippen molar-refractivity contribution < 1.29 is 9.53 Å². The fraction of sp³-hybridized carbons (Fsp3) is 0.556. The van der Waals surface area contributed by atoms with Gasteiger partial charge in [0.25, 0.3) is 6.47 Å². The minimum absolute atomic E-state index is 0.0601. The summed E-state index contributed by atoms with van der Waals surface area (Å²) in [7, 11) is 0. The molecule has 0 aliphatic rings. The number of carbonyl (C=O) groups excluding carboxylic acids is 1. The van der Waals surface area contributed by atoms with Gasteiger partial charge in [0.05, 0.1) is 6.20 Å². The van der Waals surface area contributed by atoms with E-state index in [0.29, 0.717) is 18.8 Å². The Balaban J connectivity index is 2.52. The standard InChI is InChI=1S/C9H14N2O2/c1-7(2)9(13-6-12)3-8-4-10-11-5-8/h4-7,9H,3H2,1-2H3,(H,10,11). The number of hydrogen-bond donors (Lipinski definition) is 1. The minimum Gasteiger partial charge on any atom is -0.464 e. The van der Waals surface area contributed by atoms with Gasteiger partial charge in [0, 0.05) is 12.6 Å². The fourth-order valence-electron chi connectivity index (χ4n) is 1.13. The van der Waals surface area contributed by atoms with Crippen molar-refractivity contribution in [1.82, 2.24) is 10.2 Å². The van der Waals surface area contributed by atoms with Crippen molar-refractivity contribution in [3.63, 3.8) is 0 Å². The van der Waals surface area contributed by atoms with Crippen molar-refractivity contribution in [2.24, 2.45) is 5.92 Å². The number of rotatable bonds is 5. The van der Waals surface area contributed by atoms with Crippen molar-refractivity contribution in [2.45, 2.75) is 26.4 Å². The average Bonchev–Trinajstić information content (AvgIpc) is 2.56. The van der Waals surface area contributed by atoms with Crippen LogP contribution in [0.1, 0.15) is 19.4 Å². The number of ether oxygens (including phenoxy) is 1. The van der Waals surface area contributed by atoms with Crippen LogP contribution in [0, 0.1) is 5.92 Å². The zero-order chi connectivity index (χ0) is 9.68. The highest BCUT2D eigenvalue weighted by atomic mass is 16.5. The zero-order valence-electron chi connectivity index (χ0n) is 7.86. The van der Waals surface area contributed by atoms with Crippen molar-refractivity contribution in [3.05, 3.63) is 18.0 Å². The van der Waals surface area contributed by atoms with Crippen LogP contribution in [0.5, 0.6) is 0 Å². The molecule has 0 aliphatic heterocycles. The molecular formula is C9H14N2O2. The molecule has 0 radical (unpaired) electrons. The normalized spacial score (nSPS) is 12.8. The minimum atomic E-state index is -0.0601. The molecule has 4 nitrogen and oxygen atoms in total. The summed E-state index contributed by atoms with van der Waals surface area (Å²) in [5, 5.41) is 6.55. The Morgan fingerprint density at radius 3 is 2.92 bits per heavy atom. The van der Waals surface area contributed by atoms with Crippen molar-refractivity contribution >= 4 is 6.47 Å². The summed E-state index contributed by atoms with van der Waals surface area (Å²) < 4.78 is 4.95. The molecule has 0 bridgehead atoms. The smallest absolute Gasteiger partial charge is 0.293 e. The van der Waals surface area contributed by atoms with Crippen LogP contribution < -0.4 is 0 Å². The Labute approximate surface area is 77.3 Å². The van der Waals surface area contributed by atoms with Gasteiger partial charge in [0.1, 0.15) is 6.10 Å². The molecule has 1 unspecified atom stereocenters. The van der Waals surface area contributed by atoms with Gasteiger partial charge in [0.15, 0.2) is 0 Å². The van der Waals surface area contributed by atoms with Crippen molar-refractivity contribution in [2.75, 3.05) is 0 Å². The van der Waals surface area contributed by atoms with E-state index in [2.05, 4.69) is 10.2 Å². The van der Waals surface area contributed by atoms with Gasteiger partial charge >= 0.3 is 0 Å². The average molecular weight is 182 g/mol. The molecule has 0 aromatic carbocycles. The highest BCUT2D eigenvalue weighted by Crippen LogP contribution is 2.11. The molecule has 13 heavy (non-hydrogen) atoms. The summed E-state index contributed by atoms with van der Waals surface area (Å²) in [5.41, 5.74) is 1.06. The van der Waals surface area contributed by atoms with Gasteiger partial charge in [-0.15, -0.1) is 0 Å². The SMILES string of the molecule is CC(C)C(Cc1cn[nH]c1)OC=O. The Hall–Kier alpha value is -1.32. The molecule has 1 rings (SSSR count). The van der Waals surface area contributed by atoms with Crippen LogP contribution in [0.2, 0.25) is 0 Å². The molecule has 0 saturated carbocycles. The predicted molar refractivity (Wildman–Crippen MR) is 48.1 cm³/mol. The summed E-state index contributed by atoms with van der Waals surface area (Å²) in [6, 6.07) is 0. The molecule has 1 N–H and O–H groups in total. The zero-order valence-corrected chi connectivity index (χ0v) is 7.86. The first kappa shape index (κ1) is 9.77. The first-order valence-corrected chi connectivity index (χ1v) is 4.30. The molecule has 1 aromatic rings. The number of aromatic amines is 1. The second-order valence-electron chi connectivity index (χ2n) is 3.33. The van der Waals surface area contributed by atoms with E-state index in [4.69, 9.17) is 4.74 Å². The third-order valence-electron chi connectivity index (χ3n) is 1.97. The maximum absolute atomic E-state index is 10.2. The van der Waals surface area contributed by atoms with Crippen molar-refractivity contribution in [3.8, 4) is 0 Å². The largest absolute Gasteiger partial charge is 0.464 e. The van der Waals surface area contributed by atoms with Gasteiger partial charge in [-0.25, -0.2) is 0 Å². The Bertz CT molecular complexity index is 244. The van der Waals surface area contributed by atoms with E-state index >= 15 is 0 Å². The number of nitrogens with zero attached hydrogens (tertiary/aromatic N) is 1. The molecular weight excluding hydrogens is 168 g/mol. The van der Waals surface area contributed by atoms with Crippen LogP contribution in [0.15, 0.2) is 12.4 Å². The highest BCUT2D eigenvalue weighted by Gasteiger charge is 2.15. The summed E-state index contributed by atoms with van der Waals surface area (Å²) in [4.78, 5) is 10.2. The van der Waals surface area contributed by atoms with Gasteiger partial charge in [-0.3, -0.25) is 9.89 Å². The van der Waals surface area contributed by atoms with Crippen LogP contribution in [0.3, 0.4) is 0 Å². The quantitative estimate of drug-likeness (QED) is 0.695. The first-order valence-electron chi connectivity index (χ1n) is 4.30. The molecule has 4 heteroatoms. The molecule has 0 aliphatic carbocycles. The van der Waals surface area contributed by atoms with Gasteiger partial charge in [-0.05, 0) is 11.5 Å². The molecule has 0 fully saturated rings. The molecule has 0 amide bonds. The van der Waals surface area contributed by atoms with E-state index in [1.165, 1.54) is 0 Å². The summed E-state index contributed by atoms with van der Waals surface area (Å²) >= 11 is 0. The molecule has 72 valence electrons. The van der Waals surface area contributed by atoms with Crippen molar-refractivity contribution in [1.29, 1.82) is 0 Å². The summed E-state index contributed by atoms with van der Waals surface area (Å²) in [5.74, 6) is 0.320. The lowest BCUT2D eigenvalue weighted by atomic mass is 10.0. The first-order chi connectivity index (χ1) is 6.24. The van der Waals surface area contributed by atoms with E-state index in [1.54, 1.807) is 6.20 Å². The van der Waals surface area contributed by atoms with Gasteiger partial charge in [0.2, 0.25) is 0 Å². The Morgan fingerprint density at radius 2 is 2.46 bits per heavy atom. The monoisotopic (exact) mass is 182 g/mol. The van der Waals surface area contributed by atoms with Gasteiger partial charge < -0.3 is 4.74 Å². The van der Waals surface area contributed by atoms with E-state index in [-0.39, 0.29) is 6.10 Å². The van der Waals surface area contributed by atoms with Crippen LogP contribution in [0.4, 0.5) is 0 Å². The van der Waals surface area contributed by atoms with E-state index in [1.807, 2.05) is 20.0 Å². The molecule has 1 atom stereocenters. The van der Waals surface area contributed by atoms with Crippen LogP contribution in [-0.2, 0) is 16.0 Å². The Kier molecular flexibility index (Phi) is 3.49. The molecule has 1 heterocycles. The third-order valence-corrected chi connectivity index (χ3v) is 1.97. The number of H-pyrrole nitrogens is 1. The second kappa shape index (κ2) is 4.64. The molecule has 0 saturated heterocycles. The Morgan fingerprint density at radius 1 is 1.69 bits per heavy atom. The summed E-state index contributed by atoms with van der Waals surface area (Å²) in [6.07, 6.45) is 4.20. The molecule has 0 spiro atoms. The topological polar surface area (TPSA) is 55.0 Å². The maximum Gasteiger partial charge on any atom is 0.293 e.